The summed E-state index contributed by atoms with van der Waals surface area (Å²) < 4.78 is 0. The zero-order valence-electron chi connectivity index (χ0n) is 10.4. The summed E-state index contributed by atoms with van der Waals surface area (Å²) in [5.41, 5.74) is 3.14. The van der Waals surface area contributed by atoms with Crippen LogP contribution >= 0.6 is 0 Å². The summed E-state index contributed by atoms with van der Waals surface area (Å²) in [6.07, 6.45) is 3.49. The molecule has 1 aromatic rings. The maximum Gasteiger partial charge on any atom is 0.222 e. The molecule has 0 bridgehead atoms. The fraction of sp³-hybridized carbons (Fsp3) is 0.429. The minimum Gasteiger partial charge on any atom is -0.345 e. The van der Waals surface area contributed by atoms with Crippen LogP contribution in [-0.4, -0.2) is 29.4 Å². The van der Waals surface area contributed by atoms with E-state index in [9.17, 15) is 4.79 Å². The molecule has 0 N–H and O–H groups in total. The number of nitrogens with zero attached hydrogens (tertiary/aromatic N) is 2. The van der Waals surface area contributed by atoms with Crippen LogP contribution in [0.2, 0.25) is 0 Å². The van der Waals surface area contributed by atoms with E-state index >= 15 is 0 Å². The van der Waals surface area contributed by atoms with Gasteiger partial charge in [-0.05, 0) is 30.5 Å². The molecular formula is C14H18N2O. The molecule has 3 heteroatoms. The number of piperidine rings is 1. The Morgan fingerprint density at radius 2 is 2.29 bits per heavy atom. The first-order valence-corrected chi connectivity index (χ1v) is 5.93. The van der Waals surface area contributed by atoms with E-state index in [0.717, 1.165) is 24.2 Å². The normalized spacial score (nSPS) is 20.5. The molecule has 0 saturated carbocycles. The summed E-state index contributed by atoms with van der Waals surface area (Å²) in [4.78, 5) is 17.6. The molecule has 1 amide bonds. The third-order valence-corrected chi connectivity index (χ3v) is 3.32. The van der Waals surface area contributed by atoms with Crippen molar-refractivity contribution in [3.05, 3.63) is 36.2 Å². The second-order valence-electron chi connectivity index (χ2n) is 4.77. The van der Waals surface area contributed by atoms with Crippen molar-refractivity contribution >= 4 is 11.5 Å². The summed E-state index contributed by atoms with van der Waals surface area (Å²) >= 11 is 0. The van der Waals surface area contributed by atoms with Crippen LogP contribution in [0.25, 0.3) is 5.57 Å². The van der Waals surface area contributed by atoms with Gasteiger partial charge in [-0.1, -0.05) is 12.6 Å². The molecule has 0 radical (unpaired) electrons. The van der Waals surface area contributed by atoms with E-state index in [4.69, 9.17) is 0 Å². The van der Waals surface area contributed by atoms with Crippen LogP contribution in [0.4, 0.5) is 0 Å². The lowest BCUT2D eigenvalue weighted by molar-refractivity contribution is -0.132. The van der Waals surface area contributed by atoms with Gasteiger partial charge in [-0.2, -0.15) is 0 Å². The van der Waals surface area contributed by atoms with E-state index in [1.807, 2.05) is 26.2 Å². The molecule has 1 fully saturated rings. The van der Waals surface area contributed by atoms with E-state index in [1.165, 1.54) is 5.56 Å². The minimum atomic E-state index is 0.243. The van der Waals surface area contributed by atoms with E-state index < -0.39 is 0 Å². The number of hydrogen-bond acceptors (Lipinski definition) is 2. The molecule has 2 rings (SSSR count). The lowest BCUT2D eigenvalue weighted by Gasteiger charge is -2.29. The standard InChI is InChI=1S/C14H18N2O/c1-10(2)13-6-4-11(8-15-13)12-5-7-14(17)16(3)9-12/h4,6,8,12H,1,5,7,9H2,2-3H3/t12-/m0/s1. The molecule has 1 aromatic heterocycles. The first-order chi connectivity index (χ1) is 8.08. The molecule has 0 aliphatic carbocycles. The van der Waals surface area contributed by atoms with Crippen molar-refractivity contribution in [2.24, 2.45) is 0 Å². The fourth-order valence-corrected chi connectivity index (χ4v) is 2.18. The number of amides is 1. The molecular weight excluding hydrogens is 212 g/mol. The second kappa shape index (κ2) is 4.70. The maximum atomic E-state index is 11.4. The van der Waals surface area contributed by atoms with Gasteiger partial charge in [0.1, 0.15) is 0 Å². The highest BCUT2D eigenvalue weighted by Gasteiger charge is 2.24. The Bertz CT molecular complexity index is 436. The highest BCUT2D eigenvalue weighted by Crippen LogP contribution is 2.26. The molecule has 0 unspecified atom stereocenters. The number of carbonyl (C=O) groups excluding carboxylic acids is 1. The third kappa shape index (κ3) is 2.54. The fourth-order valence-electron chi connectivity index (χ4n) is 2.18. The van der Waals surface area contributed by atoms with Crippen molar-refractivity contribution in [1.29, 1.82) is 0 Å². The van der Waals surface area contributed by atoms with Crippen LogP contribution in [0.5, 0.6) is 0 Å². The molecule has 2 heterocycles. The number of aromatic nitrogens is 1. The zero-order valence-corrected chi connectivity index (χ0v) is 10.4. The first kappa shape index (κ1) is 11.8. The number of likely N-dealkylation sites (N-methyl/N-ethyl adjacent to an activating group) is 1. The lowest BCUT2D eigenvalue weighted by Crippen LogP contribution is -2.35. The molecule has 1 saturated heterocycles. The summed E-state index contributed by atoms with van der Waals surface area (Å²) in [6.45, 7) is 6.63. The van der Waals surface area contributed by atoms with Crippen molar-refractivity contribution in [1.82, 2.24) is 9.88 Å². The number of rotatable bonds is 2. The SMILES string of the molecule is C=C(C)c1ccc([C@H]2CCC(=O)N(C)C2)cn1. The molecule has 1 aliphatic heterocycles. The van der Waals surface area contributed by atoms with Gasteiger partial charge >= 0.3 is 0 Å². The molecule has 0 spiro atoms. The first-order valence-electron chi connectivity index (χ1n) is 5.93. The van der Waals surface area contributed by atoms with Gasteiger partial charge in [0.15, 0.2) is 0 Å². The van der Waals surface area contributed by atoms with Crippen molar-refractivity contribution in [2.45, 2.75) is 25.7 Å². The highest BCUT2D eigenvalue weighted by molar-refractivity contribution is 5.76. The van der Waals surface area contributed by atoms with Crippen molar-refractivity contribution in [3.63, 3.8) is 0 Å². The third-order valence-electron chi connectivity index (χ3n) is 3.32. The predicted molar refractivity (Wildman–Crippen MR) is 68.6 cm³/mol. The Balaban J connectivity index is 2.12. The van der Waals surface area contributed by atoms with E-state index in [-0.39, 0.29) is 5.91 Å². The average Bonchev–Trinajstić information content (AvgIpc) is 2.33. The summed E-state index contributed by atoms with van der Waals surface area (Å²) in [6, 6.07) is 4.11. The number of likely N-dealkylation sites (tertiary alicyclic amines) is 1. The number of carbonyl (C=O) groups is 1. The van der Waals surface area contributed by atoms with Gasteiger partial charge in [0, 0.05) is 32.1 Å². The van der Waals surface area contributed by atoms with Crippen molar-refractivity contribution in [2.75, 3.05) is 13.6 Å². The lowest BCUT2D eigenvalue weighted by atomic mass is 9.91. The summed E-state index contributed by atoms with van der Waals surface area (Å²) in [5, 5.41) is 0. The van der Waals surface area contributed by atoms with Gasteiger partial charge in [-0.25, -0.2) is 0 Å². The molecule has 1 atom stereocenters. The average molecular weight is 230 g/mol. The predicted octanol–water partition coefficient (Wildman–Crippen LogP) is 2.45. The van der Waals surface area contributed by atoms with Crippen LogP contribution < -0.4 is 0 Å². The Morgan fingerprint density at radius 1 is 1.53 bits per heavy atom. The number of allylic oxidation sites excluding steroid dienone is 1. The van der Waals surface area contributed by atoms with Gasteiger partial charge in [0.2, 0.25) is 5.91 Å². The molecule has 17 heavy (non-hydrogen) atoms. The van der Waals surface area contributed by atoms with Gasteiger partial charge < -0.3 is 4.90 Å². The van der Waals surface area contributed by atoms with Crippen LogP contribution in [0.1, 0.15) is 36.9 Å². The molecule has 0 aromatic carbocycles. The van der Waals surface area contributed by atoms with Crippen LogP contribution in [0, 0.1) is 0 Å². The van der Waals surface area contributed by atoms with Crippen molar-refractivity contribution in [3.8, 4) is 0 Å². The van der Waals surface area contributed by atoms with Gasteiger partial charge in [-0.3, -0.25) is 9.78 Å². The monoisotopic (exact) mass is 230 g/mol. The summed E-state index contributed by atoms with van der Waals surface area (Å²) in [5.74, 6) is 0.664. The number of hydrogen-bond donors (Lipinski definition) is 0. The molecule has 90 valence electrons. The highest BCUT2D eigenvalue weighted by atomic mass is 16.2. The summed E-state index contributed by atoms with van der Waals surface area (Å²) in [7, 11) is 1.87. The van der Waals surface area contributed by atoms with E-state index in [0.29, 0.717) is 12.3 Å². The van der Waals surface area contributed by atoms with E-state index in [1.54, 1.807) is 4.90 Å². The smallest absolute Gasteiger partial charge is 0.222 e. The minimum absolute atomic E-state index is 0.243. The Morgan fingerprint density at radius 3 is 2.82 bits per heavy atom. The Kier molecular flexibility index (Phi) is 3.27. The van der Waals surface area contributed by atoms with Crippen LogP contribution in [0.15, 0.2) is 24.9 Å². The van der Waals surface area contributed by atoms with Crippen LogP contribution in [-0.2, 0) is 4.79 Å². The molecule has 3 nitrogen and oxygen atoms in total. The Hall–Kier alpha value is -1.64. The van der Waals surface area contributed by atoms with Crippen LogP contribution in [0.3, 0.4) is 0 Å². The topological polar surface area (TPSA) is 33.2 Å². The maximum absolute atomic E-state index is 11.4. The van der Waals surface area contributed by atoms with Gasteiger partial charge in [-0.15, -0.1) is 0 Å². The second-order valence-corrected chi connectivity index (χ2v) is 4.77. The quantitative estimate of drug-likeness (QED) is 0.782. The van der Waals surface area contributed by atoms with Gasteiger partial charge in [0.25, 0.3) is 0 Å². The van der Waals surface area contributed by atoms with Crippen molar-refractivity contribution < 1.29 is 4.79 Å². The Labute approximate surface area is 102 Å². The van der Waals surface area contributed by atoms with E-state index in [2.05, 4.69) is 17.6 Å². The molecule has 1 aliphatic rings. The van der Waals surface area contributed by atoms with Gasteiger partial charge in [0.05, 0.1) is 5.69 Å². The zero-order chi connectivity index (χ0) is 12.4. The largest absolute Gasteiger partial charge is 0.345 e. The number of pyridine rings is 1.